The van der Waals surface area contributed by atoms with Crippen molar-refractivity contribution in [2.24, 2.45) is 0 Å². The molecule has 1 amide bonds. The number of hydrogen-bond acceptors (Lipinski definition) is 4. The lowest BCUT2D eigenvalue weighted by Crippen LogP contribution is -2.49. The van der Waals surface area contributed by atoms with E-state index in [0.29, 0.717) is 11.5 Å². The molecule has 0 fully saturated rings. The summed E-state index contributed by atoms with van der Waals surface area (Å²) in [7, 11) is 0. The van der Waals surface area contributed by atoms with Gasteiger partial charge in [0.05, 0.1) is 12.5 Å². The first-order valence-corrected chi connectivity index (χ1v) is 8.54. The fourth-order valence-corrected chi connectivity index (χ4v) is 2.55. The molecule has 6 nitrogen and oxygen atoms in total. The average molecular weight is 368 g/mol. The van der Waals surface area contributed by atoms with Crippen molar-refractivity contribution in [2.75, 3.05) is 11.9 Å². The fourth-order valence-electron chi connectivity index (χ4n) is 2.29. The molecule has 0 bridgehead atoms. The predicted octanol–water partition coefficient (Wildman–Crippen LogP) is 2.32. The summed E-state index contributed by atoms with van der Waals surface area (Å²) in [6.07, 6.45) is 0.625. The van der Waals surface area contributed by atoms with Gasteiger partial charge < -0.3 is 21.1 Å². The molecule has 2 aromatic rings. The monoisotopic (exact) mass is 368 g/mol. The van der Waals surface area contributed by atoms with Crippen LogP contribution in [0.15, 0.2) is 54.6 Å². The number of aromatic hydroxyl groups is 1. The van der Waals surface area contributed by atoms with Crippen molar-refractivity contribution in [1.82, 2.24) is 10.6 Å². The van der Waals surface area contributed by atoms with E-state index in [1.807, 2.05) is 36.4 Å². The summed E-state index contributed by atoms with van der Waals surface area (Å²) >= 11 is 5.31. The summed E-state index contributed by atoms with van der Waals surface area (Å²) in [4.78, 5) is 12.5. The molecule has 134 valence electrons. The zero-order valence-corrected chi connectivity index (χ0v) is 14.9. The van der Waals surface area contributed by atoms with Crippen molar-refractivity contribution in [3.05, 3.63) is 60.2 Å². The molecule has 0 aliphatic carbocycles. The van der Waals surface area contributed by atoms with E-state index in [2.05, 4.69) is 16.0 Å². The van der Waals surface area contributed by atoms with Gasteiger partial charge in [0.1, 0.15) is 11.8 Å². The van der Waals surface area contributed by atoms with Crippen LogP contribution in [-0.2, 0) is 11.2 Å². The number of carbonyl (C=O) groups excluding carboxylic acids is 1. The first kappa shape index (κ1) is 19.2. The van der Waals surface area contributed by atoms with Crippen LogP contribution >= 0.6 is 12.2 Å². The number of phenolic OH excluding ortho intramolecular Hbond substituents is 1. The van der Waals surface area contributed by atoms with Crippen LogP contribution in [0.4, 0.5) is 5.69 Å². The number of amides is 1. The van der Waals surface area contributed by atoms with Gasteiger partial charge in [-0.1, -0.05) is 30.3 Å². The Kier molecular flexibility index (Phi) is 7.40. The van der Waals surface area contributed by atoms with Gasteiger partial charge in [0, 0.05) is 18.7 Å². The zero-order valence-electron chi connectivity index (χ0n) is 14.1. The molecule has 0 aromatic heterocycles. The van der Waals surface area contributed by atoms with Gasteiger partial charge >= 0.3 is 0 Å². The van der Waals surface area contributed by atoms with E-state index < -0.39 is 6.04 Å². The van der Waals surface area contributed by atoms with E-state index in [1.165, 1.54) is 0 Å². The van der Waals surface area contributed by atoms with E-state index >= 15 is 0 Å². The molecule has 2 rings (SSSR count). The SMILES string of the molecule is N#CCCNC(=O)C(Cc1ccc(O)cc1)NC(=S)Nc1ccccc1. The lowest BCUT2D eigenvalue weighted by molar-refractivity contribution is -0.122. The summed E-state index contributed by atoms with van der Waals surface area (Å²) in [5.41, 5.74) is 1.69. The Balaban J connectivity index is 2.03. The van der Waals surface area contributed by atoms with Crippen LogP contribution < -0.4 is 16.0 Å². The van der Waals surface area contributed by atoms with Gasteiger partial charge in [0.15, 0.2) is 5.11 Å². The van der Waals surface area contributed by atoms with Crippen LogP contribution in [-0.4, -0.2) is 28.7 Å². The Labute approximate surface area is 157 Å². The topological polar surface area (TPSA) is 97.2 Å². The van der Waals surface area contributed by atoms with Gasteiger partial charge in [0.25, 0.3) is 0 Å². The van der Waals surface area contributed by atoms with Gasteiger partial charge in [-0.3, -0.25) is 4.79 Å². The second kappa shape index (κ2) is 10.0. The van der Waals surface area contributed by atoms with Crippen molar-refractivity contribution < 1.29 is 9.90 Å². The first-order chi connectivity index (χ1) is 12.6. The number of carbonyl (C=O) groups is 1. The highest BCUT2D eigenvalue weighted by molar-refractivity contribution is 7.80. The standard InChI is InChI=1S/C19H20N4O2S/c20-11-4-12-21-18(25)17(13-14-7-9-16(24)10-8-14)23-19(26)22-15-5-2-1-3-6-15/h1-3,5-10,17,24H,4,12-13H2,(H,21,25)(H2,22,23,26). The lowest BCUT2D eigenvalue weighted by Gasteiger charge is -2.20. The Morgan fingerprint density at radius 3 is 2.50 bits per heavy atom. The van der Waals surface area contributed by atoms with Crippen LogP contribution in [0.5, 0.6) is 5.75 Å². The third-order valence-electron chi connectivity index (χ3n) is 3.57. The zero-order chi connectivity index (χ0) is 18.8. The molecule has 0 spiro atoms. The van der Waals surface area contributed by atoms with Gasteiger partial charge in [-0.2, -0.15) is 5.26 Å². The van der Waals surface area contributed by atoms with Crippen LogP contribution in [0.2, 0.25) is 0 Å². The maximum atomic E-state index is 12.5. The van der Waals surface area contributed by atoms with Gasteiger partial charge in [-0.05, 0) is 42.0 Å². The molecule has 0 saturated heterocycles. The quantitative estimate of drug-likeness (QED) is 0.442. The number of para-hydroxylation sites is 1. The maximum absolute atomic E-state index is 12.5. The molecule has 1 unspecified atom stereocenters. The average Bonchev–Trinajstić information content (AvgIpc) is 2.64. The van der Waals surface area contributed by atoms with Crippen LogP contribution in [0, 0.1) is 11.3 Å². The fraction of sp³-hybridized carbons (Fsp3) is 0.211. The van der Waals surface area contributed by atoms with Crippen molar-refractivity contribution in [3.63, 3.8) is 0 Å². The number of rotatable bonds is 7. The number of hydrogen-bond donors (Lipinski definition) is 4. The minimum absolute atomic E-state index is 0.165. The smallest absolute Gasteiger partial charge is 0.242 e. The first-order valence-electron chi connectivity index (χ1n) is 8.13. The lowest BCUT2D eigenvalue weighted by atomic mass is 10.1. The summed E-state index contributed by atoms with van der Waals surface area (Å²) in [6.45, 7) is 0.280. The number of nitrogens with zero attached hydrogens (tertiary/aromatic N) is 1. The minimum Gasteiger partial charge on any atom is -0.508 e. The maximum Gasteiger partial charge on any atom is 0.242 e. The molecule has 7 heteroatoms. The van der Waals surface area contributed by atoms with Crippen LogP contribution in [0.1, 0.15) is 12.0 Å². The van der Waals surface area contributed by atoms with E-state index in [-0.39, 0.29) is 24.6 Å². The largest absolute Gasteiger partial charge is 0.508 e. The number of benzene rings is 2. The van der Waals surface area contributed by atoms with Crippen LogP contribution in [0.25, 0.3) is 0 Å². The molecule has 26 heavy (non-hydrogen) atoms. The van der Waals surface area contributed by atoms with Gasteiger partial charge in [-0.15, -0.1) is 0 Å². The summed E-state index contributed by atoms with van der Waals surface area (Å²) in [5.74, 6) is -0.0801. The Bertz CT molecular complexity index is 772. The molecule has 0 saturated carbocycles. The molecule has 0 aliphatic heterocycles. The molecule has 0 heterocycles. The molecule has 1 atom stereocenters. The second-order valence-corrected chi connectivity index (χ2v) is 6.00. The van der Waals surface area contributed by atoms with E-state index in [4.69, 9.17) is 17.5 Å². The van der Waals surface area contributed by atoms with Gasteiger partial charge in [-0.25, -0.2) is 0 Å². The normalized spacial score (nSPS) is 11.0. The van der Waals surface area contributed by atoms with Crippen molar-refractivity contribution >= 4 is 28.9 Å². The van der Waals surface area contributed by atoms with E-state index in [1.54, 1.807) is 24.3 Å². The van der Waals surface area contributed by atoms with Crippen molar-refractivity contribution in [2.45, 2.75) is 18.9 Å². The Hall–Kier alpha value is -3.11. The summed E-state index contributed by atoms with van der Waals surface area (Å²) < 4.78 is 0. The number of anilines is 1. The summed E-state index contributed by atoms with van der Waals surface area (Å²) in [6, 6.07) is 17.4. The summed E-state index contributed by atoms with van der Waals surface area (Å²) in [5, 5.41) is 27.1. The van der Waals surface area contributed by atoms with E-state index in [9.17, 15) is 9.90 Å². The molecular weight excluding hydrogens is 348 g/mol. The number of nitrogens with one attached hydrogen (secondary N) is 3. The number of phenols is 1. The number of thiocarbonyl (C=S) groups is 1. The Morgan fingerprint density at radius 2 is 1.85 bits per heavy atom. The molecule has 2 aromatic carbocycles. The second-order valence-electron chi connectivity index (χ2n) is 5.59. The van der Waals surface area contributed by atoms with Crippen molar-refractivity contribution in [3.8, 4) is 11.8 Å². The minimum atomic E-state index is -0.609. The van der Waals surface area contributed by atoms with Gasteiger partial charge in [0.2, 0.25) is 5.91 Å². The Morgan fingerprint density at radius 1 is 1.15 bits per heavy atom. The predicted molar refractivity (Wildman–Crippen MR) is 105 cm³/mol. The molecule has 0 radical (unpaired) electrons. The third kappa shape index (κ3) is 6.42. The molecule has 4 N–H and O–H groups in total. The number of nitriles is 1. The van der Waals surface area contributed by atoms with Crippen molar-refractivity contribution in [1.29, 1.82) is 5.26 Å². The highest BCUT2D eigenvalue weighted by Crippen LogP contribution is 2.12. The van der Waals surface area contributed by atoms with Crippen LogP contribution in [0.3, 0.4) is 0 Å². The highest BCUT2D eigenvalue weighted by Gasteiger charge is 2.19. The molecule has 0 aliphatic rings. The third-order valence-corrected chi connectivity index (χ3v) is 3.79. The molecular formula is C19H20N4O2S. The highest BCUT2D eigenvalue weighted by atomic mass is 32.1. The van der Waals surface area contributed by atoms with E-state index in [0.717, 1.165) is 11.3 Å².